The molecule has 118 valence electrons. The number of benzene rings is 1. The molecule has 0 aliphatic carbocycles. The van der Waals surface area contributed by atoms with Gasteiger partial charge in [-0.1, -0.05) is 25.5 Å². The summed E-state index contributed by atoms with van der Waals surface area (Å²) >= 11 is 0. The number of guanidine groups is 1. The molecule has 5 heteroatoms. The third-order valence-electron chi connectivity index (χ3n) is 3.34. The zero-order chi connectivity index (χ0) is 15.5. The molecule has 0 amide bonds. The Morgan fingerprint density at radius 2 is 2.05 bits per heavy atom. The van der Waals surface area contributed by atoms with E-state index in [9.17, 15) is 0 Å². The van der Waals surface area contributed by atoms with Crippen molar-refractivity contribution in [1.82, 2.24) is 5.32 Å². The van der Waals surface area contributed by atoms with E-state index >= 15 is 0 Å². The van der Waals surface area contributed by atoms with E-state index < -0.39 is 0 Å². The minimum Gasteiger partial charge on any atom is -0.497 e. The maximum Gasteiger partial charge on any atom is 0.188 e. The molecule has 0 aliphatic rings. The van der Waals surface area contributed by atoms with Crippen LogP contribution in [-0.4, -0.2) is 32.2 Å². The summed E-state index contributed by atoms with van der Waals surface area (Å²) in [5.74, 6) is 1.38. The monoisotopic (exact) mass is 292 g/mol. The van der Waals surface area contributed by atoms with Crippen LogP contribution in [0.25, 0.3) is 0 Å². The number of nitrogens with zero attached hydrogens (tertiary/aromatic N) is 1. The van der Waals surface area contributed by atoms with Gasteiger partial charge < -0.3 is 21.5 Å². The summed E-state index contributed by atoms with van der Waals surface area (Å²) in [7, 11) is 1.67. The van der Waals surface area contributed by atoms with Gasteiger partial charge >= 0.3 is 0 Å². The first-order chi connectivity index (χ1) is 10.2. The lowest BCUT2D eigenvalue weighted by molar-refractivity contribution is 0.414. The Bertz CT molecular complexity index is 417. The predicted molar refractivity (Wildman–Crippen MR) is 88.7 cm³/mol. The summed E-state index contributed by atoms with van der Waals surface area (Å²) < 4.78 is 5.14. The number of aryl methyl sites for hydroxylation is 1. The molecule has 1 atom stereocenters. The van der Waals surface area contributed by atoms with Crippen LogP contribution in [0.4, 0.5) is 0 Å². The molecule has 0 aliphatic heterocycles. The maximum absolute atomic E-state index is 5.86. The smallest absolute Gasteiger partial charge is 0.188 e. The standard InChI is InChI=1S/C16H28N4O/c1-3-5-14(12-17)20-16(18)19-11-4-6-13-7-9-15(21-2)10-8-13/h7-10,14H,3-6,11-12,17H2,1-2H3,(H3,18,19,20)/t14-/m0/s1. The van der Waals surface area contributed by atoms with E-state index in [2.05, 4.69) is 29.4 Å². The highest BCUT2D eigenvalue weighted by atomic mass is 16.5. The lowest BCUT2D eigenvalue weighted by atomic mass is 10.1. The third kappa shape index (κ3) is 6.99. The molecule has 5 nitrogen and oxygen atoms in total. The molecule has 0 radical (unpaired) electrons. The van der Waals surface area contributed by atoms with E-state index in [1.165, 1.54) is 5.56 Å². The molecule has 0 aromatic heterocycles. The van der Waals surface area contributed by atoms with Crippen LogP contribution in [0.5, 0.6) is 5.75 Å². The van der Waals surface area contributed by atoms with Crippen molar-refractivity contribution in [2.45, 2.75) is 38.6 Å². The van der Waals surface area contributed by atoms with Gasteiger partial charge in [0.2, 0.25) is 0 Å². The Labute approximate surface area is 127 Å². The lowest BCUT2D eigenvalue weighted by Gasteiger charge is -2.16. The minimum atomic E-state index is 0.223. The number of ether oxygens (including phenoxy) is 1. The van der Waals surface area contributed by atoms with Gasteiger partial charge in [0.1, 0.15) is 5.75 Å². The van der Waals surface area contributed by atoms with Gasteiger partial charge in [0.15, 0.2) is 5.96 Å². The van der Waals surface area contributed by atoms with Gasteiger partial charge in [-0.2, -0.15) is 0 Å². The molecule has 21 heavy (non-hydrogen) atoms. The number of methoxy groups -OCH3 is 1. The average Bonchev–Trinajstić information content (AvgIpc) is 2.51. The summed E-state index contributed by atoms with van der Waals surface area (Å²) in [4.78, 5) is 4.35. The van der Waals surface area contributed by atoms with E-state index in [-0.39, 0.29) is 6.04 Å². The first-order valence-corrected chi connectivity index (χ1v) is 7.59. The summed E-state index contributed by atoms with van der Waals surface area (Å²) in [6.45, 7) is 3.43. The SMILES string of the molecule is CCC[C@@H](CN)NC(N)=NCCCc1ccc(OC)cc1. The highest BCUT2D eigenvalue weighted by Crippen LogP contribution is 2.12. The first kappa shape index (κ1) is 17.3. The molecular formula is C16H28N4O. The van der Waals surface area contributed by atoms with E-state index in [1.54, 1.807) is 7.11 Å². The Morgan fingerprint density at radius 3 is 2.62 bits per heavy atom. The van der Waals surface area contributed by atoms with Crippen molar-refractivity contribution >= 4 is 5.96 Å². The van der Waals surface area contributed by atoms with Gasteiger partial charge in [0, 0.05) is 19.1 Å². The second kappa shape index (κ2) is 10.0. The number of rotatable bonds is 9. The molecule has 0 unspecified atom stereocenters. The van der Waals surface area contributed by atoms with Gasteiger partial charge in [-0.05, 0) is 37.0 Å². The highest BCUT2D eigenvalue weighted by Gasteiger charge is 2.05. The molecule has 0 heterocycles. The Kier molecular flexibility index (Phi) is 8.28. The minimum absolute atomic E-state index is 0.223. The van der Waals surface area contributed by atoms with E-state index in [0.717, 1.165) is 31.4 Å². The summed E-state index contributed by atoms with van der Waals surface area (Å²) in [6, 6.07) is 8.34. The fraction of sp³-hybridized carbons (Fsp3) is 0.562. The molecule has 0 spiro atoms. The van der Waals surface area contributed by atoms with Crippen LogP contribution in [0.2, 0.25) is 0 Å². The van der Waals surface area contributed by atoms with Gasteiger partial charge in [0.25, 0.3) is 0 Å². The van der Waals surface area contributed by atoms with Gasteiger partial charge in [0.05, 0.1) is 7.11 Å². The van der Waals surface area contributed by atoms with Gasteiger partial charge in [-0.15, -0.1) is 0 Å². The zero-order valence-corrected chi connectivity index (χ0v) is 13.1. The fourth-order valence-corrected chi connectivity index (χ4v) is 2.13. The molecular weight excluding hydrogens is 264 g/mol. The Hall–Kier alpha value is -1.75. The molecule has 0 saturated carbocycles. The van der Waals surface area contributed by atoms with Crippen molar-refractivity contribution in [1.29, 1.82) is 0 Å². The normalized spacial score (nSPS) is 13.0. The van der Waals surface area contributed by atoms with Crippen LogP contribution < -0.4 is 21.5 Å². The molecule has 1 aromatic rings. The second-order valence-electron chi connectivity index (χ2n) is 5.08. The molecule has 5 N–H and O–H groups in total. The van der Waals surface area contributed by atoms with Crippen molar-refractivity contribution in [3.05, 3.63) is 29.8 Å². The largest absolute Gasteiger partial charge is 0.497 e. The van der Waals surface area contributed by atoms with Crippen molar-refractivity contribution in [3.8, 4) is 5.75 Å². The Balaban J connectivity index is 2.29. The topological polar surface area (TPSA) is 85.7 Å². The average molecular weight is 292 g/mol. The zero-order valence-electron chi connectivity index (χ0n) is 13.1. The van der Waals surface area contributed by atoms with E-state index in [1.807, 2.05) is 12.1 Å². The summed E-state index contributed by atoms with van der Waals surface area (Å²) in [5, 5.41) is 3.17. The van der Waals surface area contributed by atoms with Crippen LogP contribution in [0.3, 0.4) is 0 Å². The number of nitrogens with one attached hydrogen (secondary N) is 1. The number of hydrogen-bond acceptors (Lipinski definition) is 3. The molecule has 1 aromatic carbocycles. The summed E-state index contributed by atoms with van der Waals surface area (Å²) in [5.41, 5.74) is 12.8. The van der Waals surface area contributed by atoms with Crippen molar-refractivity contribution in [2.75, 3.05) is 20.2 Å². The lowest BCUT2D eigenvalue weighted by Crippen LogP contribution is -2.44. The van der Waals surface area contributed by atoms with Crippen molar-refractivity contribution < 1.29 is 4.74 Å². The quantitative estimate of drug-likeness (QED) is 0.367. The highest BCUT2D eigenvalue weighted by molar-refractivity contribution is 5.78. The Morgan fingerprint density at radius 1 is 1.33 bits per heavy atom. The molecule has 0 fully saturated rings. The second-order valence-corrected chi connectivity index (χ2v) is 5.08. The molecule has 0 saturated heterocycles. The maximum atomic E-state index is 5.86. The van der Waals surface area contributed by atoms with Gasteiger partial charge in [-0.25, -0.2) is 0 Å². The van der Waals surface area contributed by atoms with Crippen LogP contribution in [0.1, 0.15) is 31.7 Å². The molecule has 1 rings (SSSR count). The van der Waals surface area contributed by atoms with Crippen molar-refractivity contribution in [2.24, 2.45) is 16.5 Å². The van der Waals surface area contributed by atoms with E-state index in [0.29, 0.717) is 19.0 Å². The fourth-order valence-electron chi connectivity index (χ4n) is 2.13. The summed E-state index contributed by atoms with van der Waals surface area (Å²) in [6.07, 6.45) is 4.05. The third-order valence-corrected chi connectivity index (χ3v) is 3.34. The van der Waals surface area contributed by atoms with Crippen LogP contribution in [0.15, 0.2) is 29.3 Å². The number of hydrogen-bond donors (Lipinski definition) is 3. The number of nitrogens with two attached hydrogens (primary N) is 2. The predicted octanol–water partition coefficient (Wildman–Crippen LogP) is 1.66. The first-order valence-electron chi connectivity index (χ1n) is 7.59. The van der Waals surface area contributed by atoms with Crippen LogP contribution in [0, 0.1) is 0 Å². The molecule has 0 bridgehead atoms. The van der Waals surface area contributed by atoms with E-state index in [4.69, 9.17) is 16.2 Å². The van der Waals surface area contributed by atoms with Crippen molar-refractivity contribution in [3.63, 3.8) is 0 Å². The number of aliphatic imine (C=N–C) groups is 1. The van der Waals surface area contributed by atoms with Crippen LogP contribution in [-0.2, 0) is 6.42 Å². The van der Waals surface area contributed by atoms with Gasteiger partial charge in [-0.3, -0.25) is 4.99 Å². The van der Waals surface area contributed by atoms with Crippen LogP contribution >= 0.6 is 0 Å².